The van der Waals surface area contributed by atoms with E-state index in [1.54, 1.807) is 0 Å². The van der Waals surface area contributed by atoms with Crippen molar-refractivity contribution in [3.63, 3.8) is 0 Å². The highest BCUT2D eigenvalue weighted by Crippen LogP contribution is 2.36. The van der Waals surface area contributed by atoms with Gasteiger partial charge in [-0.05, 0) is 56.3 Å². The van der Waals surface area contributed by atoms with Gasteiger partial charge in [0.25, 0.3) is 0 Å². The maximum atomic E-state index is 5.48. The van der Waals surface area contributed by atoms with Crippen LogP contribution in [0.15, 0.2) is 12.7 Å². The first-order valence-electron chi connectivity index (χ1n) is 8.67. The second-order valence-corrected chi connectivity index (χ2v) is 7.43. The first kappa shape index (κ1) is 15.3. The van der Waals surface area contributed by atoms with Crippen LogP contribution < -0.4 is 10.6 Å². The van der Waals surface area contributed by atoms with Crippen molar-refractivity contribution in [3.8, 4) is 0 Å². The van der Waals surface area contributed by atoms with Gasteiger partial charge in [0.05, 0.1) is 0 Å². The van der Waals surface area contributed by atoms with E-state index in [0.717, 1.165) is 17.6 Å². The molecule has 0 radical (unpaired) electrons. The lowest BCUT2D eigenvalue weighted by molar-refractivity contribution is 0.0214. The van der Waals surface area contributed by atoms with Gasteiger partial charge in [-0.25, -0.2) is 0 Å². The summed E-state index contributed by atoms with van der Waals surface area (Å²) in [5.41, 5.74) is 0. The highest BCUT2D eigenvalue weighted by Gasteiger charge is 2.38. The molecule has 3 aliphatic heterocycles. The molecule has 4 aliphatic rings. The number of nitrogens with one attached hydrogen (secondary N) is 2. The molecule has 4 heteroatoms. The molecule has 3 saturated heterocycles. The van der Waals surface area contributed by atoms with E-state index >= 15 is 0 Å². The summed E-state index contributed by atoms with van der Waals surface area (Å²) >= 11 is 5.48. The molecule has 1 saturated carbocycles. The first-order valence-corrected chi connectivity index (χ1v) is 9.08. The quantitative estimate of drug-likeness (QED) is 0.617. The van der Waals surface area contributed by atoms with Crippen molar-refractivity contribution in [2.45, 2.75) is 57.0 Å². The fraction of sp³-hybridized carbons (Fsp3) is 0.824. The molecular weight excluding hydrogens is 278 g/mol. The summed E-state index contributed by atoms with van der Waals surface area (Å²) in [6.45, 7) is 7.45. The molecule has 21 heavy (non-hydrogen) atoms. The van der Waals surface area contributed by atoms with Crippen molar-refractivity contribution in [2.75, 3.05) is 19.6 Å². The highest BCUT2D eigenvalue weighted by atomic mass is 32.1. The molecule has 4 fully saturated rings. The van der Waals surface area contributed by atoms with Crippen LogP contribution in [0.25, 0.3) is 0 Å². The molecule has 3 heterocycles. The molecule has 4 rings (SSSR count). The summed E-state index contributed by atoms with van der Waals surface area (Å²) in [6, 6.07) is 1.26. The standard InChI is InChI=1S/C17H29N3S/c1-2-13-12-20-9-8-14(13)10-16(20)11-18-17(21)19-15-6-4-3-5-7-15/h2,13-16H,1,3-12H2,(H2,18,19,21)/t13-,14-,16+/m0/s1. The Labute approximate surface area is 134 Å². The Bertz CT molecular complexity index is 378. The van der Waals surface area contributed by atoms with Gasteiger partial charge in [-0.15, -0.1) is 6.58 Å². The lowest BCUT2D eigenvalue weighted by Gasteiger charge is -2.49. The summed E-state index contributed by atoms with van der Waals surface area (Å²) in [6.07, 6.45) is 11.5. The van der Waals surface area contributed by atoms with Crippen molar-refractivity contribution < 1.29 is 0 Å². The Morgan fingerprint density at radius 3 is 2.71 bits per heavy atom. The minimum atomic E-state index is 0.604. The number of rotatable bonds is 4. The largest absolute Gasteiger partial charge is 0.361 e. The lowest BCUT2D eigenvalue weighted by Crippen LogP contribution is -2.57. The summed E-state index contributed by atoms with van der Waals surface area (Å²) in [5.74, 6) is 1.56. The predicted molar refractivity (Wildman–Crippen MR) is 92.4 cm³/mol. The van der Waals surface area contributed by atoms with Crippen LogP contribution in [0.3, 0.4) is 0 Å². The molecule has 2 bridgehead atoms. The molecular formula is C17H29N3S. The zero-order valence-electron chi connectivity index (χ0n) is 13.0. The third-order valence-electron chi connectivity index (χ3n) is 5.67. The van der Waals surface area contributed by atoms with E-state index in [2.05, 4.69) is 28.2 Å². The Hall–Kier alpha value is -0.610. The SMILES string of the molecule is C=C[C@H]1CN2CC[C@H]1C[C@@H]2CNC(=S)NC1CCCCC1. The maximum Gasteiger partial charge on any atom is 0.166 e. The molecule has 2 N–H and O–H groups in total. The van der Waals surface area contributed by atoms with E-state index in [0.29, 0.717) is 18.0 Å². The molecule has 118 valence electrons. The Morgan fingerprint density at radius 2 is 2.05 bits per heavy atom. The fourth-order valence-corrected chi connectivity index (χ4v) is 4.60. The number of piperidine rings is 3. The second kappa shape index (κ2) is 7.10. The lowest BCUT2D eigenvalue weighted by atomic mass is 9.75. The van der Waals surface area contributed by atoms with Gasteiger partial charge in [0.1, 0.15) is 0 Å². The average molecular weight is 308 g/mol. The molecule has 0 amide bonds. The minimum Gasteiger partial charge on any atom is -0.361 e. The van der Waals surface area contributed by atoms with Crippen LogP contribution in [0, 0.1) is 11.8 Å². The Morgan fingerprint density at radius 1 is 1.24 bits per heavy atom. The second-order valence-electron chi connectivity index (χ2n) is 7.02. The average Bonchev–Trinajstić information content (AvgIpc) is 2.54. The van der Waals surface area contributed by atoms with Crippen molar-refractivity contribution in [3.05, 3.63) is 12.7 Å². The van der Waals surface area contributed by atoms with Gasteiger partial charge >= 0.3 is 0 Å². The van der Waals surface area contributed by atoms with E-state index < -0.39 is 0 Å². The molecule has 4 atom stereocenters. The zero-order chi connectivity index (χ0) is 14.7. The van der Waals surface area contributed by atoms with Gasteiger partial charge in [0.2, 0.25) is 0 Å². The van der Waals surface area contributed by atoms with Gasteiger partial charge in [-0.3, -0.25) is 4.90 Å². The molecule has 0 aromatic rings. The third-order valence-corrected chi connectivity index (χ3v) is 5.93. The Balaban J connectivity index is 1.41. The van der Waals surface area contributed by atoms with Crippen LogP contribution in [0.4, 0.5) is 0 Å². The predicted octanol–water partition coefficient (Wildman–Crippen LogP) is 2.68. The van der Waals surface area contributed by atoms with Crippen LogP contribution in [0.2, 0.25) is 0 Å². The van der Waals surface area contributed by atoms with E-state index in [4.69, 9.17) is 12.2 Å². The topological polar surface area (TPSA) is 27.3 Å². The molecule has 1 aliphatic carbocycles. The first-order chi connectivity index (χ1) is 10.3. The van der Waals surface area contributed by atoms with Gasteiger partial charge in [0.15, 0.2) is 5.11 Å². The van der Waals surface area contributed by atoms with Gasteiger partial charge in [-0.2, -0.15) is 0 Å². The smallest absolute Gasteiger partial charge is 0.166 e. The van der Waals surface area contributed by atoms with Crippen LogP contribution in [-0.4, -0.2) is 41.7 Å². The number of fused-ring (bicyclic) bond motifs is 3. The maximum absolute atomic E-state index is 5.48. The van der Waals surface area contributed by atoms with Gasteiger partial charge in [0, 0.05) is 25.2 Å². The van der Waals surface area contributed by atoms with Crippen LogP contribution in [0.5, 0.6) is 0 Å². The monoisotopic (exact) mass is 307 g/mol. The summed E-state index contributed by atoms with van der Waals surface area (Å²) in [4.78, 5) is 2.63. The van der Waals surface area contributed by atoms with Crippen molar-refractivity contribution in [1.29, 1.82) is 0 Å². The summed E-state index contributed by atoms with van der Waals surface area (Å²) < 4.78 is 0. The van der Waals surface area contributed by atoms with Crippen molar-refractivity contribution in [1.82, 2.24) is 15.5 Å². The fourth-order valence-electron chi connectivity index (χ4n) is 4.35. The highest BCUT2D eigenvalue weighted by molar-refractivity contribution is 7.80. The number of thiocarbonyl (C=S) groups is 1. The van der Waals surface area contributed by atoms with Crippen LogP contribution in [-0.2, 0) is 0 Å². The third kappa shape index (κ3) is 3.78. The Kier molecular flexibility index (Phi) is 5.17. The van der Waals surface area contributed by atoms with Crippen LogP contribution in [0.1, 0.15) is 44.9 Å². The van der Waals surface area contributed by atoms with E-state index in [9.17, 15) is 0 Å². The molecule has 1 unspecified atom stereocenters. The molecule has 0 spiro atoms. The number of hydrogen-bond acceptors (Lipinski definition) is 2. The van der Waals surface area contributed by atoms with Gasteiger partial charge < -0.3 is 10.6 Å². The zero-order valence-corrected chi connectivity index (χ0v) is 13.8. The van der Waals surface area contributed by atoms with Gasteiger partial charge in [-0.1, -0.05) is 25.3 Å². The van der Waals surface area contributed by atoms with Crippen molar-refractivity contribution in [2.24, 2.45) is 11.8 Å². The number of hydrogen-bond donors (Lipinski definition) is 2. The normalized spacial score (nSPS) is 36.2. The van der Waals surface area contributed by atoms with E-state index in [-0.39, 0.29) is 0 Å². The number of nitrogens with zero attached hydrogens (tertiary/aromatic N) is 1. The minimum absolute atomic E-state index is 0.604. The molecule has 3 nitrogen and oxygen atoms in total. The van der Waals surface area contributed by atoms with Crippen molar-refractivity contribution >= 4 is 17.3 Å². The summed E-state index contributed by atoms with van der Waals surface area (Å²) in [5, 5.41) is 7.84. The van der Waals surface area contributed by atoms with Crippen LogP contribution >= 0.6 is 12.2 Å². The molecule has 0 aromatic heterocycles. The van der Waals surface area contributed by atoms with E-state index in [1.165, 1.54) is 58.0 Å². The summed E-state index contributed by atoms with van der Waals surface area (Å²) in [7, 11) is 0. The molecule has 0 aromatic carbocycles. The van der Waals surface area contributed by atoms with E-state index in [1.807, 2.05) is 0 Å².